The number of likely N-dealkylation sites (tertiary alicyclic amines) is 1. The van der Waals surface area contributed by atoms with Crippen molar-refractivity contribution in [1.82, 2.24) is 4.90 Å². The Labute approximate surface area is 214 Å². The summed E-state index contributed by atoms with van der Waals surface area (Å²) in [5.41, 5.74) is 2.71. The fourth-order valence-electron chi connectivity index (χ4n) is 6.24. The average molecular weight is 453 g/mol. The van der Waals surface area contributed by atoms with Crippen LogP contribution in [0.1, 0.15) is 24.5 Å². The molecule has 5 atom stereocenters. The van der Waals surface area contributed by atoms with Gasteiger partial charge in [0.05, 0.1) is 11.4 Å². The van der Waals surface area contributed by atoms with Crippen LogP contribution in [0.3, 0.4) is 0 Å². The number of azo groups is 1. The van der Waals surface area contributed by atoms with Crippen molar-refractivity contribution in [3.05, 3.63) is 59.7 Å². The van der Waals surface area contributed by atoms with Crippen LogP contribution in [0.5, 0.6) is 11.5 Å². The van der Waals surface area contributed by atoms with Crippen molar-refractivity contribution >= 4 is 17.3 Å². The molecule has 33 heavy (non-hydrogen) atoms. The van der Waals surface area contributed by atoms with Crippen molar-refractivity contribution in [3.63, 3.8) is 0 Å². The van der Waals surface area contributed by atoms with Crippen LogP contribution in [0.25, 0.3) is 0 Å². The second-order valence-electron chi connectivity index (χ2n) is 9.19. The van der Waals surface area contributed by atoms with Gasteiger partial charge in [0.2, 0.25) is 0 Å². The van der Waals surface area contributed by atoms with E-state index in [9.17, 15) is 9.90 Å². The van der Waals surface area contributed by atoms with Gasteiger partial charge in [0, 0.05) is 29.9 Å². The van der Waals surface area contributed by atoms with Crippen LogP contribution in [0, 0.1) is 5.92 Å². The maximum Gasteiger partial charge on any atom is 1.00 e. The summed E-state index contributed by atoms with van der Waals surface area (Å²) >= 11 is 0. The number of hydrogen-bond acceptors (Lipinski definition) is 7. The number of esters is 1. The summed E-state index contributed by atoms with van der Waals surface area (Å²) in [4.78, 5) is 14.2. The Morgan fingerprint density at radius 3 is 2.79 bits per heavy atom. The van der Waals surface area contributed by atoms with Gasteiger partial charge in [-0.15, -0.1) is 0 Å². The van der Waals surface area contributed by atoms with Crippen LogP contribution in [-0.4, -0.2) is 42.7 Å². The number of carbonyl (C=O) groups excluding carboxylic acids is 1. The molecule has 2 aromatic carbocycles. The molecule has 4 aliphatic rings. The molecule has 164 valence electrons. The molecule has 0 saturated carbocycles. The third-order valence-corrected chi connectivity index (χ3v) is 7.54. The van der Waals surface area contributed by atoms with Crippen molar-refractivity contribution in [2.45, 2.75) is 43.4 Å². The van der Waals surface area contributed by atoms with Crippen molar-refractivity contribution in [2.24, 2.45) is 16.1 Å². The van der Waals surface area contributed by atoms with Crippen LogP contribution in [0.4, 0.5) is 11.4 Å². The first-order chi connectivity index (χ1) is 15.5. The van der Waals surface area contributed by atoms with Crippen LogP contribution in [-0.2, 0) is 21.4 Å². The summed E-state index contributed by atoms with van der Waals surface area (Å²) < 4.78 is 12.0. The number of piperidine rings is 1. The molecule has 6 rings (SSSR count). The van der Waals surface area contributed by atoms with Crippen molar-refractivity contribution < 1.29 is 48.9 Å². The fourth-order valence-corrected chi connectivity index (χ4v) is 6.24. The fraction of sp³-hybridized carbons (Fsp3) is 0.400. The van der Waals surface area contributed by atoms with Crippen molar-refractivity contribution in [1.29, 1.82) is 0 Å². The van der Waals surface area contributed by atoms with Gasteiger partial charge < -0.3 is 19.5 Å². The number of benzene rings is 2. The van der Waals surface area contributed by atoms with E-state index >= 15 is 0 Å². The SMILES string of the molecule is CC(=O)O[C@H]1C=C[C@H]2[C@H]3Cc4cc(N=Nc5ccccc5)c([O-])c5c4[C@@]2(CCN3C)[C@H]1O5.[Na+]. The van der Waals surface area contributed by atoms with E-state index in [4.69, 9.17) is 9.47 Å². The predicted molar refractivity (Wildman–Crippen MR) is 116 cm³/mol. The zero-order valence-corrected chi connectivity index (χ0v) is 21.0. The maximum absolute atomic E-state index is 13.4. The Hall–Kier alpha value is -2.19. The third-order valence-electron chi connectivity index (χ3n) is 7.54. The number of ether oxygens (including phenoxy) is 2. The zero-order valence-electron chi connectivity index (χ0n) is 19.0. The van der Waals surface area contributed by atoms with Gasteiger partial charge in [-0.2, -0.15) is 10.2 Å². The molecule has 1 fully saturated rings. The molecule has 2 aromatic rings. The third kappa shape index (κ3) is 3.28. The molecule has 2 bridgehead atoms. The molecule has 8 heteroatoms. The molecule has 0 N–H and O–H groups in total. The molecular formula is C25H24N3NaO4. The molecule has 1 saturated heterocycles. The van der Waals surface area contributed by atoms with Gasteiger partial charge in [0.1, 0.15) is 11.9 Å². The van der Waals surface area contributed by atoms with Gasteiger partial charge in [0.15, 0.2) is 6.10 Å². The van der Waals surface area contributed by atoms with Crippen molar-refractivity contribution in [3.8, 4) is 11.5 Å². The van der Waals surface area contributed by atoms with Crippen LogP contribution in [0.15, 0.2) is 58.8 Å². The Balaban J connectivity index is 0.00000228. The standard InChI is InChI=1S/C25H25N3O4.Na/c1-14(29)31-20-9-8-17-19-13-15-12-18(27-26-16-6-4-3-5-7-16)22(30)23-21(15)25(17,24(20)32-23)10-11-28(19)2;/h3-9,12,17,19-20,24,30H,10-11,13H2,1-2H3;/q;+1/p-1/t17-,19+,20-,24-,25-;/m0./s1. The van der Waals surface area contributed by atoms with Gasteiger partial charge >= 0.3 is 35.5 Å². The van der Waals surface area contributed by atoms with Gasteiger partial charge in [0.25, 0.3) is 0 Å². The van der Waals surface area contributed by atoms with Gasteiger partial charge in [-0.3, -0.25) is 4.79 Å². The minimum atomic E-state index is -0.514. The van der Waals surface area contributed by atoms with Crippen LogP contribution >= 0.6 is 0 Å². The molecule has 1 spiro atoms. The minimum absolute atomic E-state index is 0. The first-order valence-electron chi connectivity index (χ1n) is 11.1. The van der Waals surface area contributed by atoms with E-state index in [1.165, 1.54) is 6.92 Å². The Kier molecular flexibility index (Phi) is 5.64. The molecule has 2 heterocycles. The van der Waals surface area contributed by atoms with E-state index in [2.05, 4.69) is 28.3 Å². The second-order valence-corrected chi connectivity index (χ2v) is 9.19. The van der Waals surface area contributed by atoms with E-state index < -0.39 is 12.2 Å². The van der Waals surface area contributed by atoms with E-state index in [1.54, 1.807) is 0 Å². The molecule has 0 unspecified atom stereocenters. The normalized spacial score (nSPS) is 31.0. The van der Waals surface area contributed by atoms with Gasteiger partial charge in [-0.05, 0) is 62.0 Å². The van der Waals surface area contributed by atoms with Gasteiger partial charge in [-0.1, -0.05) is 24.3 Å². The summed E-state index contributed by atoms with van der Waals surface area (Å²) in [6.45, 7) is 2.31. The predicted octanol–water partition coefficient (Wildman–Crippen LogP) is 0.556. The van der Waals surface area contributed by atoms with E-state index in [1.807, 2.05) is 42.5 Å². The summed E-state index contributed by atoms with van der Waals surface area (Å²) in [6, 6.07) is 11.5. The number of likely N-dealkylation sites (N-methyl/N-ethyl adjacent to an activating group) is 1. The summed E-state index contributed by atoms with van der Waals surface area (Å²) in [5.74, 6) is -0.0226. The number of hydrogen-bond donors (Lipinski definition) is 0. The molecule has 0 amide bonds. The van der Waals surface area contributed by atoms with E-state index in [-0.39, 0.29) is 58.3 Å². The first-order valence-corrected chi connectivity index (χ1v) is 11.1. The first kappa shape index (κ1) is 22.6. The Bertz CT molecular complexity index is 1170. The molecule has 7 nitrogen and oxygen atoms in total. The summed E-state index contributed by atoms with van der Waals surface area (Å²) in [6.07, 6.45) is 4.87. The molecule has 0 radical (unpaired) electrons. The van der Waals surface area contributed by atoms with Crippen LogP contribution in [0.2, 0.25) is 0 Å². The number of nitrogens with zero attached hydrogens (tertiary/aromatic N) is 3. The quantitative estimate of drug-likeness (QED) is 0.293. The van der Waals surface area contributed by atoms with E-state index in [0.717, 1.165) is 30.5 Å². The average Bonchev–Trinajstić information content (AvgIpc) is 3.14. The van der Waals surface area contributed by atoms with E-state index in [0.29, 0.717) is 17.5 Å². The monoisotopic (exact) mass is 453 g/mol. The Morgan fingerprint density at radius 2 is 2.03 bits per heavy atom. The molecule has 2 aliphatic heterocycles. The van der Waals surface area contributed by atoms with Gasteiger partial charge in [-0.25, -0.2) is 0 Å². The zero-order chi connectivity index (χ0) is 22.0. The summed E-state index contributed by atoms with van der Waals surface area (Å²) in [5, 5.41) is 22.0. The number of rotatable bonds is 3. The second kappa shape index (κ2) is 8.24. The number of carbonyl (C=O) groups is 1. The molecular weight excluding hydrogens is 429 g/mol. The van der Waals surface area contributed by atoms with Crippen molar-refractivity contribution in [2.75, 3.05) is 13.6 Å². The minimum Gasteiger partial charge on any atom is -0.868 e. The smallest absolute Gasteiger partial charge is 0.868 e. The Morgan fingerprint density at radius 1 is 1.24 bits per heavy atom. The topological polar surface area (TPSA) is 86.5 Å². The molecule has 2 aliphatic carbocycles. The maximum atomic E-state index is 13.4. The van der Waals surface area contributed by atoms with Crippen LogP contribution < -0.4 is 39.4 Å². The largest absolute Gasteiger partial charge is 1.00 e. The molecule has 0 aromatic heterocycles. The summed E-state index contributed by atoms with van der Waals surface area (Å²) in [7, 11) is 2.15.